The zero-order valence-corrected chi connectivity index (χ0v) is 14.3. The lowest BCUT2D eigenvalue weighted by molar-refractivity contribution is -0.119. The lowest BCUT2D eigenvalue weighted by atomic mass is 10.2. The molecule has 1 aromatic carbocycles. The number of cyclic esters (lactones) is 1. The number of aromatic nitrogens is 1. The van der Waals surface area contributed by atoms with Crippen LogP contribution < -0.4 is 15.9 Å². The second kappa shape index (κ2) is 6.88. The molecule has 134 valence electrons. The van der Waals surface area contributed by atoms with Gasteiger partial charge in [0, 0.05) is 20.0 Å². The summed E-state index contributed by atoms with van der Waals surface area (Å²) in [5.74, 6) is -0.162. The third kappa shape index (κ3) is 3.44. The molecule has 25 heavy (non-hydrogen) atoms. The number of hydrogen-bond acceptors (Lipinski definition) is 6. The van der Waals surface area contributed by atoms with Gasteiger partial charge in [-0.2, -0.15) is 0 Å². The van der Waals surface area contributed by atoms with E-state index in [1.54, 1.807) is 10.6 Å². The molecule has 0 bridgehead atoms. The minimum absolute atomic E-state index is 0.162. The monoisotopic (exact) mass is 348 g/mol. The Hall–Kier alpha value is -2.97. The molecule has 1 aliphatic heterocycles. The van der Waals surface area contributed by atoms with Crippen LogP contribution in [0, 0.1) is 0 Å². The minimum atomic E-state index is -0.454. The highest BCUT2D eigenvalue weighted by molar-refractivity contribution is 5.92. The highest BCUT2D eigenvalue weighted by Gasteiger charge is 2.32. The third-order valence-corrected chi connectivity index (χ3v) is 3.83. The largest absolute Gasteiger partial charge is 0.442 e. The fraction of sp³-hybridized carbons (Fsp3) is 0.438. The van der Waals surface area contributed by atoms with Crippen LogP contribution in [0.5, 0.6) is 0 Å². The van der Waals surface area contributed by atoms with E-state index in [-0.39, 0.29) is 18.6 Å². The van der Waals surface area contributed by atoms with Crippen LogP contribution in [0.4, 0.5) is 10.5 Å². The molecule has 2 amide bonds. The average molecular weight is 348 g/mol. The van der Waals surface area contributed by atoms with Gasteiger partial charge in [-0.05, 0) is 24.2 Å². The van der Waals surface area contributed by atoms with Crippen LogP contribution in [-0.4, -0.2) is 42.4 Å². The number of anilines is 1. The summed E-state index contributed by atoms with van der Waals surface area (Å²) in [6, 6.07) is 5.40. The van der Waals surface area contributed by atoms with Crippen LogP contribution in [0.25, 0.3) is 11.1 Å². The standard InChI is InChI=1S/C16H20N4O5/c1-4-23-18-15-19(3)13-6-5-11(7-14(13)25-15)20-9-12(24-16(20)22)8-17-10(2)21/h5-7,12H,4,8-9H2,1-3H3,(H,17,21). The summed E-state index contributed by atoms with van der Waals surface area (Å²) >= 11 is 0. The number of rotatable bonds is 5. The molecule has 0 aliphatic carbocycles. The average Bonchev–Trinajstić information content (AvgIpc) is 3.11. The van der Waals surface area contributed by atoms with Crippen LogP contribution in [0.15, 0.2) is 27.8 Å². The van der Waals surface area contributed by atoms with Gasteiger partial charge < -0.3 is 19.3 Å². The molecule has 1 saturated heterocycles. The highest BCUT2D eigenvalue weighted by Crippen LogP contribution is 2.25. The summed E-state index contributed by atoms with van der Waals surface area (Å²) in [7, 11) is 1.82. The zero-order chi connectivity index (χ0) is 18.0. The molecular formula is C16H20N4O5. The van der Waals surface area contributed by atoms with E-state index < -0.39 is 6.09 Å². The van der Waals surface area contributed by atoms with Crippen LogP contribution in [-0.2, 0) is 21.4 Å². The molecule has 2 heterocycles. The van der Waals surface area contributed by atoms with Crippen molar-refractivity contribution in [1.29, 1.82) is 0 Å². The fourth-order valence-electron chi connectivity index (χ4n) is 2.60. The van der Waals surface area contributed by atoms with E-state index in [1.807, 2.05) is 26.1 Å². The number of nitrogens with one attached hydrogen (secondary N) is 1. The van der Waals surface area contributed by atoms with E-state index in [0.717, 1.165) is 5.52 Å². The molecule has 0 radical (unpaired) electrons. The molecule has 9 nitrogen and oxygen atoms in total. The van der Waals surface area contributed by atoms with Crippen molar-refractivity contribution in [1.82, 2.24) is 9.88 Å². The van der Waals surface area contributed by atoms with Crippen LogP contribution in [0.3, 0.4) is 0 Å². The van der Waals surface area contributed by atoms with E-state index in [4.69, 9.17) is 14.0 Å². The maximum Gasteiger partial charge on any atom is 0.414 e. The van der Waals surface area contributed by atoms with Crippen molar-refractivity contribution in [3.05, 3.63) is 23.9 Å². The van der Waals surface area contributed by atoms with Gasteiger partial charge in [-0.3, -0.25) is 14.3 Å². The van der Waals surface area contributed by atoms with E-state index in [0.29, 0.717) is 30.1 Å². The number of benzene rings is 1. The van der Waals surface area contributed by atoms with Crippen LogP contribution in [0.1, 0.15) is 13.8 Å². The summed E-state index contributed by atoms with van der Waals surface area (Å²) in [6.45, 7) is 4.34. The van der Waals surface area contributed by atoms with Crippen molar-refractivity contribution < 1.29 is 23.6 Å². The Morgan fingerprint density at radius 1 is 1.48 bits per heavy atom. The van der Waals surface area contributed by atoms with E-state index in [9.17, 15) is 9.59 Å². The van der Waals surface area contributed by atoms with Crippen molar-refractivity contribution >= 4 is 28.8 Å². The molecule has 3 rings (SSSR count). The van der Waals surface area contributed by atoms with E-state index in [2.05, 4.69) is 10.5 Å². The van der Waals surface area contributed by atoms with Gasteiger partial charge in [-0.1, -0.05) is 0 Å². The molecule has 1 atom stereocenters. The highest BCUT2D eigenvalue weighted by atomic mass is 16.6. The summed E-state index contributed by atoms with van der Waals surface area (Å²) < 4.78 is 12.7. The molecule has 1 N–H and O–H groups in total. The van der Waals surface area contributed by atoms with Crippen molar-refractivity contribution in [2.45, 2.75) is 20.0 Å². The first-order valence-electron chi connectivity index (χ1n) is 7.97. The Morgan fingerprint density at radius 2 is 2.28 bits per heavy atom. The van der Waals surface area contributed by atoms with Crippen molar-refractivity contribution in [2.75, 3.05) is 24.6 Å². The van der Waals surface area contributed by atoms with Crippen LogP contribution in [0.2, 0.25) is 0 Å². The summed E-state index contributed by atoms with van der Waals surface area (Å²) in [5, 5.41) is 6.56. The predicted octanol–water partition coefficient (Wildman–Crippen LogP) is 1.08. The van der Waals surface area contributed by atoms with E-state index >= 15 is 0 Å². The molecule has 0 spiro atoms. The number of ether oxygens (including phenoxy) is 1. The van der Waals surface area contributed by atoms with Gasteiger partial charge in [0.05, 0.1) is 24.3 Å². The van der Waals surface area contributed by atoms with Crippen molar-refractivity contribution in [3.8, 4) is 0 Å². The van der Waals surface area contributed by atoms with Gasteiger partial charge >= 0.3 is 11.8 Å². The molecule has 2 aromatic rings. The Labute approximate surface area is 143 Å². The second-order valence-electron chi connectivity index (χ2n) is 5.66. The van der Waals surface area contributed by atoms with Gasteiger partial charge in [0.2, 0.25) is 5.91 Å². The predicted molar refractivity (Wildman–Crippen MR) is 88.7 cm³/mol. The third-order valence-electron chi connectivity index (χ3n) is 3.83. The Balaban J connectivity index is 1.84. The number of amides is 2. The second-order valence-corrected chi connectivity index (χ2v) is 5.66. The molecule has 1 aliphatic rings. The number of nitrogens with zero attached hydrogens (tertiary/aromatic N) is 3. The fourth-order valence-corrected chi connectivity index (χ4v) is 2.60. The number of oxazole rings is 1. The number of fused-ring (bicyclic) bond motifs is 1. The Kier molecular flexibility index (Phi) is 4.64. The van der Waals surface area contributed by atoms with Gasteiger partial charge in [0.1, 0.15) is 12.7 Å². The minimum Gasteiger partial charge on any atom is -0.442 e. The van der Waals surface area contributed by atoms with Gasteiger partial charge in [-0.15, -0.1) is 0 Å². The lowest BCUT2D eigenvalue weighted by Gasteiger charge is -2.12. The summed E-state index contributed by atoms with van der Waals surface area (Å²) in [5.41, 5.74) is 2.39. The number of aryl methyl sites for hydroxylation is 1. The van der Waals surface area contributed by atoms with Crippen molar-refractivity contribution in [3.63, 3.8) is 0 Å². The first-order valence-corrected chi connectivity index (χ1v) is 7.97. The lowest BCUT2D eigenvalue weighted by Crippen LogP contribution is -2.33. The summed E-state index contributed by atoms with van der Waals surface area (Å²) in [4.78, 5) is 29.6. The van der Waals surface area contributed by atoms with E-state index in [1.165, 1.54) is 11.8 Å². The molecule has 0 saturated carbocycles. The normalized spacial score (nSPS) is 17.9. The van der Waals surface area contributed by atoms with Crippen LogP contribution >= 0.6 is 0 Å². The number of hydrogen-bond donors (Lipinski definition) is 1. The Bertz CT molecular complexity index is 869. The topological polar surface area (TPSA) is 98.3 Å². The first kappa shape index (κ1) is 16.9. The van der Waals surface area contributed by atoms with Gasteiger partial charge in [-0.25, -0.2) is 4.79 Å². The smallest absolute Gasteiger partial charge is 0.414 e. The Morgan fingerprint density at radius 3 is 3.00 bits per heavy atom. The maximum atomic E-state index is 12.1. The number of carbonyl (C=O) groups excluding carboxylic acids is 2. The molecule has 1 fully saturated rings. The maximum absolute atomic E-state index is 12.1. The summed E-state index contributed by atoms with van der Waals surface area (Å²) in [6.07, 6.45) is -0.840. The number of carbonyl (C=O) groups is 2. The zero-order valence-electron chi connectivity index (χ0n) is 14.3. The molecule has 9 heteroatoms. The van der Waals surface area contributed by atoms with Crippen molar-refractivity contribution in [2.24, 2.45) is 12.2 Å². The SMILES string of the molecule is CCON=c1oc2cc(N3CC(CNC(C)=O)OC3=O)ccc2n1C. The molecular weight excluding hydrogens is 328 g/mol. The molecule has 1 aromatic heterocycles. The molecule has 1 unspecified atom stereocenters. The first-order chi connectivity index (χ1) is 12.0. The van der Waals surface area contributed by atoms with Gasteiger partial charge in [0.15, 0.2) is 5.58 Å². The quantitative estimate of drug-likeness (QED) is 0.816. The van der Waals surface area contributed by atoms with Gasteiger partial charge in [0.25, 0.3) is 0 Å².